The van der Waals surface area contributed by atoms with Crippen LogP contribution in [0.3, 0.4) is 0 Å². The number of anilines is 3. The molecule has 0 radical (unpaired) electrons. The molecule has 1 aromatic carbocycles. The van der Waals surface area contributed by atoms with E-state index in [0.29, 0.717) is 5.69 Å². The van der Waals surface area contributed by atoms with Crippen molar-refractivity contribution in [1.82, 2.24) is 4.98 Å². The van der Waals surface area contributed by atoms with Crippen LogP contribution in [0.1, 0.15) is 6.92 Å². The van der Waals surface area contributed by atoms with Gasteiger partial charge in [0.1, 0.15) is 0 Å². The highest BCUT2D eigenvalue weighted by atomic mass is 32.1. The van der Waals surface area contributed by atoms with E-state index in [4.69, 9.17) is 5.73 Å². The SMILES string of the molecule is CC(=O)N(C(=O)C(=O)Nc1nccs1)c1cccc(N)c1. The summed E-state index contributed by atoms with van der Waals surface area (Å²) in [6.45, 7) is 1.19. The number of nitrogens with zero attached hydrogens (tertiary/aromatic N) is 2. The molecule has 0 fully saturated rings. The Morgan fingerprint density at radius 3 is 2.67 bits per heavy atom. The molecule has 8 heteroatoms. The Balaban J connectivity index is 2.24. The summed E-state index contributed by atoms with van der Waals surface area (Å²) in [4.78, 5) is 40.3. The van der Waals surface area contributed by atoms with Crippen LogP contribution in [0.15, 0.2) is 35.8 Å². The van der Waals surface area contributed by atoms with Crippen molar-refractivity contribution in [1.29, 1.82) is 0 Å². The van der Waals surface area contributed by atoms with Crippen LogP contribution >= 0.6 is 11.3 Å². The van der Waals surface area contributed by atoms with Crippen molar-refractivity contribution in [3.8, 4) is 0 Å². The summed E-state index contributed by atoms with van der Waals surface area (Å²) in [5, 5.41) is 4.27. The van der Waals surface area contributed by atoms with Crippen molar-refractivity contribution in [2.45, 2.75) is 6.92 Å². The van der Waals surface area contributed by atoms with E-state index in [0.717, 1.165) is 4.90 Å². The monoisotopic (exact) mass is 304 g/mol. The first-order valence-electron chi connectivity index (χ1n) is 5.90. The van der Waals surface area contributed by atoms with E-state index in [9.17, 15) is 14.4 Å². The van der Waals surface area contributed by atoms with Crippen LogP contribution in [-0.2, 0) is 14.4 Å². The zero-order valence-corrected chi connectivity index (χ0v) is 11.9. The van der Waals surface area contributed by atoms with Gasteiger partial charge in [-0.1, -0.05) is 6.07 Å². The molecule has 3 amide bonds. The second kappa shape index (κ2) is 6.14. The van der Waals surface area contributed by atoms with Gasteiger partial charge in [-0.3, -0.25) is 19.7 Å². The van der Waals surface area contributed by atoms with Gasteiger partial charge in [0.15, 0.2) is 5.13 Å². The number of rotatable bonds is 2. The maximum Gasteiger partial charge on any atom is 0.323 e. The molecule has 0 atom stereocenters. The van der Waals surface area contributed by atoms with Crippen LogP contribution in [0.4, 0.5) is 16.5 Å². The number of nitrogens with two attached hydrogens (primary N) is 1. The lowest BCUT2D eigenvalue weighted by Gasteiger charge is -2.18. The van der Waals surface area contributed by atoms with Gasteiger partial charge in [0.2, 0.25) is 5.91 Å². The Labute approximate surface area is 124 Å². The standard InChI is InChI=1S/C13H12N4O3S/c1-8(18)17(10-4-2-3-9(14)7-10)12(20)11(19)16-13-15-5-6-21-13/h2-7H,14H2,1H3,(H,15,16,19). The van der Waals surface area contributed by atoms with Gasteiger partial charge in [-0.25, -0.2) is 9.88 Å². The summed E-state index contributed by atoms with van der Waals surface area (Å²) >= 11 is 1.17. The lowest BCUT2D eigenvalue weighted by molar-refractivity contribution is -0.136. The molecule has 0 unspecified atom stereocenters. The van der Waals surface area contributed by atoms with Crippen LogP contribution in [0.25, 0.3) is 0 Å². The lowest BCUT2D eigenvalue weighted by Crippen LogP contribution is -2.42. The van der Waals surface area contributed by atoms with Crippen LogP contribution in [0, 0.1) is 0 Å². The molecule has 1 heterocycles. The number of aromatic nitrogens is 1. The van der Waals surface area contributed by atoms with Gasteiger partial charge in [-0.05, 0) is 18.2 Å². The van der Waals surface area contributed by atoms with Crippen molar-refractivity contribution in [2.24, 2.45) is 0 Å². The van der Waals surface area contributed by atoms with E-state index in [1.165, 1.54) is 36.6 Å². The molecule has 0 saturated heterocycles. The topological polar surface area (TPSA) is 105 Å². The Morgan fingerprint density at radius 2 is 2.10 bits per heavy atom. The fourth-order valence-corrected chi connectivity index (χ4v) is 2.17. The zero-order chi connectivity index (χ0) is 15.4. The largest absolute Gasteiger partial charge is 0.399 e. The molecular formula is C13H12N4O3S. The van der Waals surface area contributed by atoms with Crippen molar-refractivity contribution in [2.75, 3.05) is 16.0 Å². The van der Waals surface area contributed by atoms with E-state index in [-0.39, 0.29) is 10.8 Å². The molecule has 0 bridgehead atoms. The number of thiazole rings is 1. The maximum absolute atomic E-state index is 12.2. The molecule has 3 N–H and O–H groups in total. The van der Waals surface area contributed by atoms with Crippen LogP contribution in [0.5, 0.6) is 0 Å². The number of amides is 3. The smallest absolute Gasteiger partial charge is 0.323 e. The molecule has 108 valence electrons. The van der Waals surface area contributed by atoms with E-state index in [1.807, 2.05) is 0 Å². The number of hydrogen-bond acceptors (Lipinski definition) is 6. The Bertz CT molecular complexity index is 684. The second-order valence-electron chi connectivity index (χ2n) is 4.05. The number of carbonyl (C=O) groups is 3. The molecular weight excluding hydrogens is 292 g/mol. The highest BCUT2D eigenvalue weighted by Crippen LogP contribution is 2.19. The van der Waals surface area contributed by atoms with Gasteiger partial charge in [-0.2, -0.15) is 0 Å². The van der Waals surface area contributed by atoms with Gasteiger partial charge in [0.25, 0.3) is 0 Å². The molecule has 2 rings (SSSR count). The summed E-state index contributed by atoms with van der Waals surface area (Å²) in [5.41, 5.74) is 6.24. The summed E-state index contributed by atoms with van der Waals surface area (Å²) in [6, 6.07) is 6.16. The van der Waals surface area contributed by atoms with Gasteiger partial charge in [0, 0.05) is 24.2 Å². The van der Waals surface area contributed by atoms with Crippen molar-refractivity contribution >= 4 is 45.6 Å². The van der Waals surface area contributed by atoms with E-state index in [1.54, 1.807) is 17.5 Å². The number of imide groups is 1. The molecule has 1 aromatic heterocycles. The number of carbonyl (C=O) groups excluding carboxylic acids is 3. The second-order valence-corrected chi connectivity index (χ2v) is 4.94. The number of hydrogen-bond donors (Lipinski definition) is 2. The third-order valence-corrected chi connectivity index (χ3v) is 3.18. The minimum absolute atomic E-state index is 0.238. The number of nitrogens with one attached hydrogen (secondary N) is 1. The van der Waals surface area contributed by atoms with E-state index < -0.39 is 17.7 Å². The highest BCUT2D eigenvalue weighted by molar-refractivity contribution is 7.13. The molecule has 0 aliphatic rings. The summed E-state index contributed by atoms with van der Waals surface area (Å²) in [5.74, 6) is -2.52. The van der Waals surface area contributed by atoms with Crippen LogP contribution in [0.2, 0.25) is 0 Å². The van der Waals surface area contributed by atoms with Gasteiger partial charge >= 0.3 is 11.8 Å². The third-order valence-electron chi connectivity index (χ3n) is 2.49. The molecule has 7 nitrogen and oxygen atoms in total. The molecule has 0 saturated carbocycles. The first kappa shape index (κ1) is 14.7. The van der Waals surface area contributed by atoms with Crippen molar-refractivity contribution in [3.05, 3.63) is 35.8 Å². The molecule has 2 aromatic rings. The Kier molecular flexibility index (Phi) is 4.29. The number of nitrogen functional groups attached to an aromatic ring is 1. The quantitative estimate of drug-likeness (QED) is 0.641. The summed E-state index contributed by atoms with van der Waals surface area (Å²) in [6.07, 6.45) is 1.49. The molecule has 21 heavy (non-hydrogen) atoms. The Morgan fingerprint density at radius 1 is 1.33 bits per heavy atom. The third kappa shape index (κ3) is 3.42. The fraction of sp³-hybridized carbons (Fsp3) is 0.0769. The summed E-state index contributed by atoms with van der Waals surface area (Å²) < 4.78 is 0. The average Bonchev–Trinajstić information content (AvgIpc) is 2.91. The Hall–Kier alpha value is -2.74. The predicted molar refractivity (Wildman–Crippen MR) is 79.8 cm³/mol. The minimum atomic E-state index is -0.997. The lowest BCUT2D eigenvalue weighted by atomic mass is 10.2. The summed E-state index contributed by atoms with van der Waals surface area (Å²) in [7, 11) is 0. The van der Waals surface area contributed by atoms with Gasteiger partial charge < -0.3 is 5.73 Å². The molecule has 0 aliphatic heterocycles. The first-order valence-corrected chi connectivity index (χ1v) is 6.78. The van der Waals surface area contributed by atoms with Crippen LogP contribution in [-0.4, -0.2) is 22.7 Å². The predicted octanol–water partition coefficient (Wildman–Crippen LogP) is 1.24. The highest BCUT2D eigenvalue weighted by Gasteiger charge is 2.27. The van der Waals surface area contributed by atoms with Gasteiger partial charge in [-0.15, -0.1) is 11.3 Å². The molecule has 0 spiro atoms. The minimum Gasteiger partial charge on any atom is -0.399 e. The number of benzene rings is 1. The van der Waals surface area contributed by atoms with Crippen molar-refractivity contribution in [3.63, 3.8) is 0 Å². The van der Waals surface area contributed by atoms with Gasteiger partial charge in [0.05, 0.1) is 5.69 Å². The normalized spacial score (nSPS) is 9.95. The molecule has 0 aliphatic carbocycles. The average molecular weight is 304 g/mol. The van der Waals surface area contributed by atoms with Crippen molar-refractivity contribution < 1.29 is 14.4 Å². The van der Waals surface area contributed by atoms with Crippen LogP contribution < -0.4 is 16.0 Å². The maximum atomic E-state index is 12.2. The zero-order valence-electron chi connectivity index (χ0n) is 11.1. The van der Waals surface area contributed by atoms with E-state index >= 15 is 0 Å². The fourth-order valence-electron chi connectivity index (χ4n) is 1.64. The first-order chi connectivity index (χ1) is 9.99. The van der Waals surface area contributed by atoms with E-state index in [2.05, 4.69) is 10.3 Å².